The van der Waals surface area contributed by atoms with Crippen LogP contribution in [-0.2, 0) is 0 Å². The van der Waals surface area contributed by atoms with Gasteiger partial charge in [0, 0.05) is 16.3 Å². The molecule has 19 heavy (non-hydrogen) atoms. The highest BCUT2D eigenvalue weighted by Gasteiger charge is 2.07. The summed E-state index contributed by atoms with van der Waals surface area (Å²) in [6.07, 6.45) is 12.8. The summed E-state index contributed by atoms with van der Waals surface area (Å²) in [5.41, 5.74) is 5.12. The van der Waals surface area contributed by atoms with Crippen molar-refractivity contribution in [3.05, 3.63) is 81.2 Å². The normalized spacial score (nSPS) is 20.9. The van der Waals surface area contributed by atoms with Gasteiger partial charge in [0.15, 0.2) is 5.49 Å². The highest BCUT2D eigenvalue weighted by atomic mass is 32.2. The molecule has 1 aromatic rings. The zero-order valence-corrected chi connectivity index (χ0v) is 11.2. The van der Waals surface area contributed by atoms with Crippen LogP contribution in [0.2, 0.25) is 0 Å². The number of fused-ring (bicyclic) bond motifs is 1. The summed E-state index contributed by atoms with van der Waals surface area (Å²) in [4.78, 5) is 9.94. The molecule has 0 amide bonds. The summed E-state index contributed by atoms with van der Waals surface area (Å²) < 4.78 is 0. The van der Waals surface area contributed by atoms with Crippen molar-refractivity contribution < 1.29 is 0 Å². The number of allylic oxidation sites excluding steroid dienone is 4. The standard InChI is InChI=1S/C16H12N2S/c1-12-18-16-14(7-5-11-17-16)10-9-13-6-3-2-4-8-15(13)19-12/h2-3,5-8,10-11H,1,9H2/b14-10-,18-16+. The Bertz CT molecular complexity index is 775. The van der Waals surface area contributed by atoms with Crippen molar-refractivity contribution >= 4 is 17.8 Å². The van der Waals surface area contributed by atoms with Crippen LogP contribution in [0.15, 0.2) is 75.4 Å². The molecule has 2 aliphatic rings. The van der Waals surface area contributed by atoms with Crippen LogP contribution in [0.5, 0.6) is 0 Å². The molecule has 0 saturated carbocycles. The molecular formula is C16H12N2S. The zero-order chi connectivity index (χ0) is 13.1. The van der Waals surface area contributed by atoms with Gasteiger partial charge >= 0.3 is 0 Å². The number of thioether (sulfide) groups is 1. The SMILES string of the molecule is C=C1/N=c2/nccc/c2=C/CC2=C(C=C=CC=C2)S1. The Morgan fingerprint density at radius 3 is 3.26 bits per heavy atom. The lowest BCUT2D eigenvalue weighted by atomic mass is 10.1. The van der Waals surface area contributed by atoms with Crippen LogP contribution < -0.4 is 10.7 Å². The third-order valence-electron chi connectivity index (χ3n) is 2.84. The van der Waals surface area contributed by atoms with Gasteiger partial charge in [-0.25, -0.2) is 9.98 Å². The molecule has 0 N–H and O–H groups in total. The molecule has 0 aromatic carbocycles. The first-order valence-electron chi connectivity index (χ1n) is 6.02. The topological polar surface area (TPSA) is 25.2 Å². The monoisotopic (exact) mass is 264 g/mol. The predicted molar refractivity (Wildman–Crippen MR) is 79.7 cm³/mol. The second-order valence-electron chi connectivity index (χ2n) is 4.16. The van der Waals surface area contributed by atoms with Crippen molar-refractivity contribution in [2.24, 2.45) is 4.99 Å². The van der Waals surface area contributed by atoms with Gasteiger partial charge < -0.3 is 0 Å². The number of hydrogen-bond acceptors (Lipinski definition) is 3. The minimum absolute atomic E-state index is 0.737. The van der Waals surface area contributed by atoms with E-state index in [1.54, 1.807) is 18.0 Å². The summed E-state index contributed by atoms with van der Waals surface area (Å²) in [6, 6.07) is 3.96. The van der Waals surface area contributed by atoms with E-state index in [9.17, 15) is 0 Å². The maximum atomic E-state index is 4.49. The van der Waals surface area contributed by atoms with Gasteiger partial charge in [0.2, 0.25) is 0 Å². The first kappa shape index (κ1) is 12.0. The molecule has 0 radical (unpaired) electrons. The second-order valence-corrected chi connectivity index (χ2v) is 5.27. The lowest BCUT2D eigenvalue weighted by molar-refractivity contribution is 1.11. The third kappa shape index (κ3) is 2.68. The fourth-order valence-electron chi connectivity index (χ4n) is 1.93. The molecule has 0 fully saturated rings. The summed E-state index contributed by atoms with van der Waals surface area (Å²) in [5.74, 6) is 0. The molecule has 0 unspecified atom stereocenters. The molecule has 3 rings (SSSR count). The van der Waals surface area contributed by atoms with E-state index in [0.717, 1.165) is 27.1 Å². The van der Waals surface area contributed by atoms with Crippen LogP contribution >= 0.6 is 11.8 Å². The molecule has 0 bridgehead atoms. The van der Waals surface area contributed by atoms with Gasteiger partial charge in [-0.1, -0.05) is 36.6 Å². The molecule has 2 nitrogen and oxygen atoms in total. The van der Waals surface area contributed by atoms with Crippen molar-refractivity contribution in [1.29, 1.82) is 0 Å². The maximum Gasteiger partial charge on any atom is 0.160 e. The molecule has 92 valence electrons. The summed E-state index contributed by atoms with van der Waals surface area (Å²) in [7, 11) is 0. The molecule has 3 heteroatoms. The van der Waals surface area contributed by atoms with E-state index in [1.807, 2.05) is 30.4 Å². The highest BCUT2D eigenvalue weighted by Crippen LogP contribution is 2.31. The van der Waals surface area contributed by atoms with E-state index < -0.39 is 0 Å². The van der Waals surface area contributed by atoms with Crippen LogP contribution in [0.1, 0.15) is 6.42 Å². The van der Waals surface area contributed by atoms with Crippen LogP contribution in [0, 0.1) is 0 Å². The molecule has 0 spiro atoms. The van der Waals surface area contributed by atoms with Crippen LogP contribution in [0.25, 0.3) is 6.08 Å². The second kappa shape index (κ2) is 5.27. The Morgan fingerprint density at radius 2 is 2.32 bits per heavy atom. The van der Waals surface area contributed by atoms with Gasteiger partial charge in [-0.05, 0) is 36.3 Å². The molecule has 1 aliphatic heterocycles. The predicted octanol–water partition coefficient (Wildman–Crippen LogP) is 2.63. The van der Waals surface area contributed by atoms with E-state index in [0.29, 0.717) is 0 Å². The van der Waals surface area contributed by atoms with Gasteiger partial charge in [-0.2, -0.15) is 0 Å². The van der Waals surface area contributed by atoms with E-state index in [-0.39, 0.29) is 0 Å². The van der Waals surface area contributed by atoms with Crippen LogP contribution in [0.3, 0.4) is 0 Å². The lowest BCUT2D eigenvalue weighted by Gasteiger charge is -2.04. The quantitative estimate of drug-likeness (QED) is 0.673. The Morgan fingerprint density at radius 1 is 1.37 bits per heavy atom. The van der Waals surface area contributed by atoms with Gasteiger partial charge in [0.1, 0.15) is 0 Å². The van der Waals surface area contributed by atoms with Gasteiger partial charge in [-0.3, -0.25) is 0 Å². The van der Waals surface area contributed by atoms with Crippen LogP contribution in [-0.4, -0.2) is 4.98 Å². The Balaban J connectivity index is 2.18. The third-order valence-corrected chi connectivity index (χ3v) is 3.76. The molecular weight excluding hydrogens is 252 g/mol. The summed E-state index contributed by atoms with van der Waals surface area (Å²) >= 11 is 1.56. The molecule has 0 saturated heterocycles. The van der Waals surface area contributed by atoms with Crippen molar-refractivity contribution in [2.75, 3.05) is 0 Å². The minimum Gasteiger partial charge on any atom is -0.237 e. The van der Waals surface area contributed by atoms with Crippen LogP contribution in [0.4, 0.5) is 0 Å². The van der Waals surface area contributed by atoms with E-state index in [2.05, 4.69) is 34.4 Å². The molecule has 1 aromatic heterocycles. The maximum absolute atomic E-state index is 4.49. The van der Waals surface area contributed by atoms with Crippen molar-refractivity contribution in [3.8, 4) is 0 Å². The Labute approximate surface area is 116 Å². The molecule has 2 heterocycles. The molecule has 0 atom stereocenters. The fourth-order valence-corrected chi connectivity index (χ4v) is 2.73. The Kier molecular flexibility index (Phi) is 3.32. The largest absolute Gasteiger partial charge is 0.237 e. The van der Waals surface area contributed by atoms with Crippen molar-refractivity contribution in [2.45, 2.75) is 6.42 Å². The first-order chi connectivity index (χ1) is 9.33. The first-order valence-corrected chi connectivity index (χ1v) is 6.83. The number of pyridine rings is 1. The number of aromatic nitrogens is 1. The van der Waals surface area contributed by atoms with Crippen molar-refractivity contribution in [3.63, 3.8) is 0 Å². The van der Waals surface area contributed by atoms with Gasteiger partial charge in [-0.15, -0.1) is 5.73 Å². The smallest absolute Gasteiger partial charge is 0.160 e. The summed E-state index contributed by atoms with van der Waals surface area (Å²) in [5, 5.41) is 1.80. The summed E-state index contributed by atoms with van der Waals surface area (Å²) in [6.45, 7) is 4.00. The highest BCUT2D eigenvalue weighted by molar-refractivity contribution is 8.06. The fraction of sp³-hybridized carbons (Fsp3) is 0.0625. The lowest BCUT2D eigenvalue weighted by Crippen LogP contribution is -2.27. The number of hydrogen-bond donors (Lipinski definition) is 0. The zero-order valence-electron chi connectivity index (χ0n) is 10.3. The number of nitrogens with zero attached hydrogens (tertiary/aromatic N) is 2. The average Bonchev–Trinajstić information content (AvgIpc) is 2.59. The van der Waals surface area contributed by atoms with Gasteiger partial charge in [0.25, 0.3) is 0 Å². The average molecular weight is 264 g/mol. The molecule has 1 aliphatic carbocycles. The van der Waals surface area contributed by atoms with Crippen molar-refractivity contribution in [1.82, 2.24) is 4.98 Å². The van der Waals surface area contributed by atoms with E-state index >= 15 is 0 Å². The Hall–Kier alpha value is -2.09. The van der Waals surface area contributed by atoms with E-state index in [1.165, 1.54) is 5.57 Å². The van der Waals surface area contributed by atoms with E-state index in [4.69, 9.17) is 0 Å². The van der Waals surface area contributed by atoms with Gasteiger partial charge in [0.05, 0.1) is 5.03 Å². The minimum atomic E-state index is 0.737. The number of rotatable bonds is 0.